The van der Waals surface area contributed by atoms with E-state index in [1.807, 2.05) is 30.3 Å². The number of benzene rings is 3. The number of nitrogens with one attached hydrogen (secondary N) is 1. The third-order valence-corrected chi connectivity index (χ3v) is 4.31. The Morgan fingerprint density at radius 1 is 0.864 bits per heavy atom. The lowest BCUT2D eigenvalue weighted by Gasteiger charge is -1.98. The lowest BCUT2D eigenvalue weighted by Crippen LogP contribution is -1.80. The highest BCUT2D eigenvalue weighted by atomic mass is 16.5. The zero-order chi connectivity index (χ0) is 14.7. The molecule has 106 valence electrons. The molecule has 0 aliphatic carbocycles. The summed E-state index contributed by atoms with van der Waals surface area (Å²) < 4.78 is 11.4. The van der Waals surface area contributed by atoms with Crippen LogP contribution in [0.4, 0.5) is 0 Å². The molecule has 2 aromatic heterocycles. The summed E-state index contributed by atoms with van der Waals surface area (Å²) in [4.78, 5) is 3.45. The van der Waals surface area contributed by atoms with Gasteiger partial charge in [-0.2, -0.15) is 0 Å². The van der Waals surface area contributed by atoms with Crippen molar-refractivity contribution in [3.05, 3.63) is 54.6 Å². The number of hydrogen-bond donors (Lipinski definition) is 1. The standard InChI is InChI=1S/C19H13NO2/c1-21-11-6-7-14-16(10-11)20-15-9-8-13-12-4-2-3-5-17(12)22-19(13)18(14)15/h2-10,20H,1H3. The molecule has 0 unspecified atom stereocenters. The number of hydrogen-bond acceptors (Lipinski definition) is 2. The van der Waals surface area contributed by atoms with Crippen LogP contribution in [0, 0.1) is 0 Å². The monoisotopic (exact) mass is 287 g/mol. The van der Waals surface area contributed by atoms with Crippen LogP contribution >= 0.6 is 0 Å². The quantitative estimate of drug-likeness (QED) is 0.458. The molecular formula is C19H13NO2. The molecular weight excluding hydrogens is 274 g/mol. The van der Waals surface area contributed by atoms with E-state index in [1.54, 1.807) is 7.11 Å². The molecule has 22 heavy (non-hydrogen) atoms. The Kier molecular flexibility index (Phi) is 2.15. The van der Waals surface area contributed by atoms with Gasteiger partial charge in [-0.15, -0.1) is 0 Å². The predicted molar refractivity (Wildman–Crippen MR) is 89.6 cm³/mol. The minimum atomic E-state index is 0.847. The second kappa shape index (κ2) is 4.04. The number of fused-ring (bicyclic) bond motifs is 7. The Bertz CT molecular complexity index is 1160. The zero-order valence-electron chi connectivity index (χ0n) is 12.0. The lowest BCUT2D eigenvalue weighted by atomic mass is 10.1. The van der Waals surface area contributed by atoms with E-state index in [0.717, 1.165) is 49.5 Å². The second-order valence-corrected chi connectivity index (χ2v) is 5.50. The number of para-hydroxylation sites is 1. The molecule has 3 heteroatoms. The maximum absolute atomic E-state index is 6.14. The molecule has 5 aromatic rings. The minimum Gasteiger partial charge on any atom is -0.497 e. The maximum Gasteiger partial charge on any atom is 0.145 e. The summed E-state index contributed by atoms with van der Waals surface area (Å²) in [5.74, 6) is 0.847. The van der Waals surface area contributed by atoms with Crippen LogP contribution in [0.15, 0.2) is 59.0 Å². The van der Waals surface area contributed by atoms with Crippen molar-refractivity contribution in [2.45, 2.75) is 0 Å². The number of methoxy groups -OCH3 is 1. The molecule has 3 nitrogen and oxygen atoms in total. The summed E-state index contributed by atoms with van der Waals surface area (Å²) in [7, 11) is 1.68. The first-order valence-corrected chi connectivity index (χ1v) is 7.25. The van der Waals surface area contributed by atoms with Crippen LogP contribution in [0.25, 0.3) is 43.7 Å². The van der Waals surface area contributed by atoms with E-state index in [9.17, 15) is 0 Å². The Morgan fingerprint density at radius 2 is 1.73 bits per heavy atom. The predicted octanol–water partition coefficient (Wildman–Crippen LogP) is 5.23. The Labute approximate surface area is 126 Å². The molecule has 0 spiro atoms. The van der Waals surface area contributed by atoms with Crippen LogP contribution in [0.1, 0.15) is 0 Å². The smallest absolute Gasteiger partial charge is 0.145 e. The van der Waals surface area contributed by atoms with Gasteiger partial charge in [0.1, 0.15) is 16.9 Å². The highest BCUT2D eigenvalue weighted by Gasteiger charge is 2.14. The lowest BCUT2D eigenvalue weighted by molar-refractivity contribution is 0.415. The fourth-order valence-electron chi connectivity index (χ4n) is 3.28. The molecule has 0 radical (unpaired) electrons. The fourth-order valence-corrected chi connectivity index (χ4v) is 3.28. The van der Waals surface area contributed by atoms with E-state index in [2.05, 4.69) is 29.2 Å². The van der Waals surface area contributed by atoms with Gasteiger partial charge in [-0.25, -0.2) is 0 Å². The van der Waals surface area contributed by atoms with Crippen molar-refractivity contribution in [3.63, 3.8) is 0 Å². The van der Waals surface area contributed by atoms with E-state index in [4.69, 9.17) is 9.15 Å². The van der Waals surface area contributed by atoms with E-state index in [0.29, 0.717) is 0 Å². The zero-order valence-corrected chi connectivity index (χ0v) is 12.0. The SMILES string of the molecule is COc1ccc2c(c1)[nH]c1ccc3c4ccccc4oc3c12. The van der Waals surface area contributed by atoms with Gasteiger partial charge in [0.25, 0.3) is 0 Å². The number of ether oxygens (including phenoxy) is 1. The molecule has 0 aliphatic heterocycles. The average Bonchev–Trinajstić information content (AvgIpc) is 3.11. The van der Waals surface area contributed by atoms with Gasteiger partial charge < -0.3 is 14.1 Å². The third kappa shape index (κ3) is 1.40. The van der Waals surface area contributed by atoms with Crippen molar-refractivity contribution in [2.24, 2.45) is 0 Å². The summed E-state index contributed by atoms with van der Waals surface area (Å²) >= 11 is 0. The maximum atomic E-state index is 6.14. The summed E-state index contributed by atoms with van der Waals surface area (Å²) in [6.45, 7) is 0. The fraction of sp³-hybridized carbons (Fsp3) is 0.0526. The van der Waals surface area contributed by atoms with E-state index < -0.39 is 0 Å². The third-order valence-electron chi connectivity index (χ3n) is 4.31. The molecule has 0 saturated carbocycles. The van der Waals surface area contributed by atoms with Gasteiger partial charge in [0, 0.05) is 22.2 Å². The summed E-state index contributed by atoms with van der Waals surface area (Å²) in [5, 5.41) is 4.59. The Morgan fingerprint density at radius 3 is 2.64 bits per heavy atom. The first-order chi connectivity index (χ1) is 10.8. The molecule has 0 fully saturated rings. The van der Waals surface area contributed by atoms with Crippen LogP contribution in [-0.4, -0.2) is 12.1 Å². The first-order valence-electron chi connectivity index (χ1n) is 7.25. The molecule has 1 N–H and O–H groups in total. The van der Waals surface area contributed by atoms with E-state index in [1.165, 1.54) is 0 Å². The van der Waals surface area contributed by atoms with E-state index >= 15 is 0 Å². The van der Waals surface area contributed by atoms with Crippen LogP contribution in [0.5, 0.6) is 5.75 Å². The van der Waals surface area contributed by atoms with Crippen LogP contribution in [0.3, 0.4) is 0 Å². The number of aromatic amines is 1. The largest absolute Gasteiger partial charge is 0.497 e. The highest BCUT2D eigenvalue weighted by Crippen LogP contribution is 2.38. The average molecular weight is 287 g/mol. The second-order valence-electron chi connectivity index (χ2n) is 5.50. The molecule has 3 aromatic carbocycles. The molecule has 0 atom stereocenters. The van der Waals surface area contributed by atoms with E-state index in [-0.39, 0.29) is 0 Å². The topological polar surface area (TPSA) is 38.2 Å². The molecule has 2 heterocycles. The van der Waals surface area contributed by atoms with Gasteiger partial charge in [-0.05, 0) is 30.3 Å². The van der Waals surface area contributed by atoms with Gasteiger partial charge in [0.05, 0.1) is 23.5 Å². The van der Waals surface area contributed by atoms with Gasteiger partial charge in [0.15, 0.2) is 0 Å². The van der Waals surface area contributed by atoms with Crippen molar-refractivity contribution in [1.82, 2.24) is 4.98 Å². The Hall–Kier alpha value is -2.94. The first kappa shape index (κ1) is 11.7. The summed E-state index contributed by atoms with van der Waals surface area (Å²) in [6, 6.07) is 18.5. The summed E-state index contributed by atoms with van der Waals surface area (Å²) in [5.41, 5.74) is 4.00. The number of furan rings is 1. The normalized spacial score (nSPS) is 11.9. The number of aromatic nitrogens is 1. The Balaban J connectivity index is 2.02. The van der Waals surface area contributed by atoms with Gasteiger partial charge >= 0.3 is 0 Å². The van der Waals surface area contributed by atoms with Crippen LogP contribution in [0.2, 0.25) is 0 Å². The highest BCUT2D eigenvalue weighted by molar-refractivity contribution is 6.22. The minimum absolute atomic E-state index is 0.847. The van der Waals surface area contributed by atoms with Crippen molar-refractivity contribution in [2.75, 3.05) is 7.11 Å². The van der Waals surface area contributed by atoms with Crippen molar-refractivity contribution in [1.29, 1.82) is 0 Å². The number of rotatable bonds is 1. The van der Waals surface area contributed by atoms with Crippen LogP contribution in [-0.2, 0) is 0 Å². The molecule has 0 amide bonds. The van der Waals surface area contributed by atoms with Crippen LogP contribution < -0.4 is 4.74 Å². The van der Waals surface area contributed by atoms with Crippen molar-refractivity contribution < 1.29 is 9.15 Å². The van der Waals surface area contributed by atoms with Crippen molar-refractivity contribution >= 4 is 43.7 Å². The van der Waals surface area contributed by atoms with Gasteiger partial charge in [-0.3, -0.25) is 0 Å². The molecule has 5 rings (SSSR count). The summed E-state index contributed by atoms with van der Waals surface area (Å²) in [6.07, 6.45) is 0. The molecule has 0 aliphatic rings. The van der Waals surface area contributed by atoms with Gasteiger partial charge in [0.2, 0.25) is 0 Å². The van der Waals surface area contributed by atoms with Gasteiger partial charge in [-0.1, -0.05) is 18.2 Å². The van der Waals surface area contributed by atoms with Crippen molar-refractivity contribution in [3.8, 4) is 5.75 Å². The molecule has 0 saturated heterocycles. The molecule has 0 bridgehead atoms. The number of H-pyrrole nitrogens is 1.